The van der Waals surface area contributed by atoms with Crippen molar-refractivity contribution in [3.8, 4) is 0 Å². The summed E-state index contributed by atoms with van der Waals surface area (Å²) >= 11 is 0. The van der Waals surface area contributed by atoms with E-state index in [2.05, 4.69) is 18.7 Å². The summed E-state index contributed by atoms with van der Waals surface area (Å²) in [6.07, 6.45) is 6.15. The molecule has 3 atom stereocenters. The molecule has 92 valence electrons. The summed E-state index contributed by atoms with van der Waals surface area (Å²) in [6, 6.07) is 1.07. The molecule has 2 aliphatic rings. The first-order chi connectivity index (χ1) is 7.58. The number of carboxylic acids is 1. The highest BCUT2D eigenvalue weighted by Crippen LogP contribution is 2.37. The van der Waals surface area contributed by atoms with E-state index < -0.39 is 5.97 Å². The van der Waals surface area contributed by atoms with Gasteiger partial charge in [-0.15, -0.1) is 0 Å². The highest BCUT2D eigenvalue weighted by Gasteiger charge is 2.39. The summed E-state index contributed by atoms with van der Waals surface area (Å²) in [5.41, 5.74) is 0. The van der Waals surface area contributed by atoms with E-state index in [9.17, 15) is 4.79 Å². The first-order valence-electron chi connectivity index (χ1n) is 6.55. The van der Waals surface area contributed by atoms with Crippen LogP contribution in [0.25, 0.3) is 0 Å². The van der Waals surface area contributed by atoms with E-state index in [-0.39, 0.29) is 6.54 Å². The first-order valence-corrected chi connectivity index (χ1v) is 6.55. The van der Waals surface area contributed by atoms with Gasteiger partial charge in [-0.25, -0.2) is 0 Å². The average Bonchev–Trinajstić information content (AvgIpc) is 3.02. The Labute approximate surface area is 97.8 Å². The van der Waals surface area contributed by atoms with Crippen LogP contribution in [0, 0.1) is 11.8 Å². The Morgan fingerprint density at radius 1 is 1.25 bits per heavy atom. The number of hydrogen-bond acceptors (Lipinski definition) is 2. The normalized spacial score (nSPS) is 35.3. The van der Waals surface area contributed by atoms with Crippen LogP contribution in [0.15, 0.2) is 0 Å². The van der Waals surface area contributed by atoms with E-state index in [0.717, 1.165) is 5.92 Å². The summed E-state index contributed by atoms with van der Waals surface area (Å²) in [7, 11) is 0. The molecule has 2 rings (SSSR count). The van der Waals surface area contributed by atoms with Crippen molar-refractivity contribution in [2.75, 3.05) is 6.54 Å². The van der Waals surface area contributed by atoms with E-state index in [4.69, 9.17) is 5.11 Å². The molecule has 0 aromatic carbocycles. The van der Waals surface area contributed by atoms with Gasteiger partial charge >= 0.3 is 5.97 Å². The third-order valence-corrected chi connectivity index (χ3v) is 4.18. The fraction of sp³-hybridized carbons (Fsp3) is 0.923. The largest absolute Gasteiger partial charge is 0.480 e. The molecule has 0 heterocycles. The van der Waals surface area contributed by atoms with Crippen LogP contribution in [0.4, 0.5) is 0 Å². The molecule has 3 heteroatoms. The zero-order chi connectivity index (χ0) is 11.7. The number of carboxylic acid groups (broad SMARTS) is 1. The molecule has 2 aliphatic carbocycles. The lowest BCUT2D eigenvalue weighted by atomic mass is 9.79. The fourth-order valence-corrected chi connectivity index (χ4v) is 3.04. The Morgan fingerprint density at radius 3 is 2.50 bits per heavy atom. The Bertz CT molecular complexity index is 263. The third-order valence-electron chi connectivity index (χ3n) is 4.18. The molecule has 16 heavy (non-hydrogen) atoms. The van der Waals surface area contributed by atoms with Gasteiger partial charge in [0.25, 0.3) is 0 Å². The number of nitrogens with zero attached hydrogens (tertiary/aromatic N) is 1. The average molecular weight is 225 g/mol. The van der Waals surface area contributed by atoms with Crippen molar-refractivity contribution in [3.05, 3.63) is 0 Å². The van der Waals surface area contributed by atoms with Crippen LogP contribution in [0.1, 0.15) is 46.0 Å². The molecule has 0 spiro atoms. The fourth-order valence-electron chi connectivity index (χ4n) is 3.04. The number of rotatable bonds is 4. The number of hydrogen-bond donors (Lipinski definition) is 1. The highest BCUT2D eigenvalue weighted by atomic mass is 16.4. The smallest absolute Gasteiger partial charge is 0.317 e. The Hall–Kier alpha value is -0.570. The molecular formula is C13H23NO2. The van der Waals surface area contributed by atoms with E-state index >= 15 is 0 Å². The minimum atomic E-state index is -0.669. The van der Waals surface area contributed by atoms with Crippen LogP contribution in [0.5, 0.6) is 0 Å². The lowest BCUT2D eigenvalue weighted by Gasteiger charge is -2.40. The van der Waals surface area contributed by atoms with Crippen molar-refractivity contribution in [1.82, 2.24) is 4.90 Å². The van der Waals surface area contributed by atoms with Crippen LogP contribution >= 0.6 is 0 Å². The van der Waals surface area contributed by atoms with E-state index in [1.165, 1.54) is 32.1 Å². The molecule has 0 radical (unpaired) electrons. The SMILES string of the molecule is CC1CCC(C)C(N(CC(=O)O)C2CC2)C1. The molecule has 0 aromatic heterocycles. The molecular weight excluding hydrogens is 202 g/mol. The van der Waals surface area contributed by atoms with Gasteiger partial charge in [0, 0.05) is 12.1 Å². The van der Waals surface area contributed by atoms with E-state index in [0.29, 0.717) is 18.0 Å². The summed E-state index contributed by atoms with van der Waals surface area (Å²) in [5.74, 6) is 0.754. The monoisotopic (exact) mass is 225 g/mol. The van der Waals surface area contributed by atoms with Gasteiger partial charge in [0.1, 0.15) is 0 Å². The second-order valence-electron chi connectivity index (χ2n) is 5.76. The quantitative estimate of drug-likeness (QED) is 0.798. The summed E-state index contributed by atoms with van der Waals surface area (Å²) < 4.78 is 0. The molecule has 0 aromatic rings. The summed E-state index contributed by atoms with van der Waals surface area (Å²) in [6.45, 7) is 4.82. The maximum absolute atomic E-state index is 10.9. The van der Waals surface area contributed by atoms with Crippen LogP contribution in [-0.2, 0) is 4.79 Å². The molecule has 0 saturated heterocycles. The van der Waals surface area contributed by atoms with E-state index in [1.807, 2.05) is 0 Å². The second kappa shape index (κ2) is 4.74. The summed E-state index contributed by atoms with van der Waals surface area (Å²) in [5, 5.41) is 9.00. The predicted octanol–water partition coefficient (Wildman–Crippen LogP) is 2.36. The topological polar surface area (TPSA) is 40.5 Å². The van der Waals surface area contributed by atoms with Crippen molar-refractivity contribution in [2.45, 2.75) is 58.0 Å². The van der Waals surface area contributed by atoms with Crippen LogP contribution in [-0.4, -0.2) is 34.6 Å². The molecule has 0 amide bonds. The van der Waals surface area contributed by atoms with Crippen molar-refractivity contribution in [1.29, 1.82) is 0 Å². The maximum Gasteiger partial charge on any atom is 0.317 e. The Morgan fingerprint density at radius 2 is 1.94 bits per heavy atom. The standard InChI is InChI=1S/C13H23NO2/c1-9-3-4-10(2)12(7-9)14(8-13(15)16)11-5-6-11/h9-12H,3-8H2,1-2H3,(H,15,16). The minimum absolute atomic E-state index is 0.242. The number of aliphatic carboxylic acids is 1. The van der Waals surface area contributed by atoms with Gasteiger partial charge in [0.2, 0.25) is 0 Å². The van der Waals surface area contributed by atoms with E-state index in [1.54, 1.807) is 0 Å². The molecule has 2 fully saturated rings. The zero-order valence-corrected chi connectivity index (χ0v) is 10.4. The third kappa shape index (κ3) is 2.76. The van der Waals surface area contributed by atoms with Crippen molar-refractivity contribution in [2.24, 2.45) is 11.8 Å². The van der Waals surface area contributed by atoms with Crippen molar-refractivity contribution in [3.63, 3.8) is 0 Å². The molecule has 0 bridgehead atoms. The van der Waals surface area contributed by atoms with Crippen molar-refractivity contribution >= 4 is 5.97 Å². The second-order valence-corrected chi connectivity index (χ2v) is 5.76. The van der Waals surface area contributed by atoms with Gasteiger partial charge < -0.3 is 5.11 Å². The molecule has 3 unspecified atom stereocenters. The highest BCUT2D eigenvalue weighted by molar-refractivity contribution is 5.69. The van der Waals surface area contributed by atoms with Crippen LogP contribution in [0.2, 0.25) is 0 Å². The molecule has 1 N–H and O–H groups in total. The van der Waals surface area contributed by atoms with Crippen molar-refractivity contribution < 1.29 is 9.90 Å². The minimum Gasteiger partial charge on any atom is -0.480 e. The van der Waals surface area contributed by atoms with Gasteiger partial charge in [-0.05, 0) is 37.5 Å². The lowest BCUT2D eigenvalue weighted by molar-refractivity contribution is -0.139. The zero-order valence-electron chi connectivity index (χ0n) is 10.4. The molecule has 2 saturated carbocycles. The lowest BCUT2D eigenvalue weighted by Crippen LogP contribution is -2.46. The molecule has 3 nitrogen and oxygen atoms in total. The van der Waals surface area contributed by atoms with Gasteiger partial charge in [0.15, 0.2) is 0 Å². The van der Waals surface area contributed by atoms with Gasteiger partial charge in [-0.1, -0.05) is 20.3 Å². The van der Waals surface area contributed by atoms with Crippen LogP contribution < -0.4 is 0 Å². The Balaban J connectivity index is 2.02. The molecule has 0 aliphatic heterocycles. The first kappa shape index (κ1) is 11.9. The van der Waals surface area contributed by atoms with Gasteiger partial charge in [0.05, 0.1) is 6.54 Å². The van der Waals surface area contributed by atoms with Gasteiger partial charge in [-0.2, -0.15) is 0 Å². The summed E-state index contributed by atoms with van der Waals surface area (Å²) in [4.78, 5) is 13.2. The Kier molecular flexibility index (Phi) is 3.53. The van der Waals surface area contributed by atoms with Gasteiger partial charge in [-0.3, -0.25) is 9.69 Å². The predicted molar refractivity (Wildman–Crippen MR) is 63.3 cm³/mol. The van der Waals surface area contributed by atoms with Crippen LogP contribution in [0.3, 0.4) is 0 Å². The maximum atomic E-state index is 10.9. The number of carbonyl (C=O) groups is 1.